The Morgan fingerprint density at radius 3 is 2.68 bits per heavy atom. The molecule has 22 heavy (non-hydrogen) atoms. The van der Waals surface area contributed by atoms with Gasteiger partial charge in [-0.15, -0.1) is 10.2 Å². The molecule has 1 aliphatic rings. The van der Waals surface area contributed by atoms with Crippen molar-refractivity contribution in [3.63, 3.8) is 0 Å². The van der Waals surface area contributed by atoms with Gasteiger partial charge in [0.05, 0.1) is 5.69 Å². The zero-order valence-electron chi connectivity index (χ0n) is 12.6. The highest BCUT2D eigenvalue weighted by atomic mass is 127. The second-order valence-electron chi connectivity index (χ2n) is 5.91. The highest BCUT2D eigenvalue weighted by molar-refractivity contribution is 14.1. The standard InChI is InChI=1S/C15H17IN6/c1-15(14-20-19-10-21(14)2)4-7-22(8-5-15)13-11(16)3-6-18-12(13)9-17/h3,6,10H,4-5,7-8H2,1-2H3. The molecule has 2 aromatic rings. The van der Waals surface area contributed by atoms with E-state index in [4.69, 9.17) is 0 Å². The van der Waals surface area contributed by atoms with E-state index in [1.165, 1.54) is 0 Å². The van der Waals surface area contributed by atoms with Gasteiger partial charge in [-0.3, -0.25) is 0 Å². The molecule has 7 heteroatoms. The second-order valence-corrected chi connectivity index (χ2v) is 7.08. The van der Waals surface area contributed by atoms with Crippen molar-refractivity contribution < 1.29 is 0 Å². The monoisotopic (exact) mass is 408 g/mol. The first-order valence-electron chi connectivity index (χ1n) is 7.19. The first-order chi connectivity index (χ1) is 10.5. The third-order valence-electron chi connectivity index (χ3n) is 4.42. The van der Waals surface area contributed by atoms with Crippen LogP contribution in [0.1, 0.15) is 31.3 Å². The Labute approximate surface area is 143 Å². The van der Waals surface area contributed by atoms with E-state index < -0.39 is 0 Å². The average Bonchev–Trinajstić information content (AvgIpc) is 2.95. The summed E-state index contributed by atoms with van der Waals surface area (Å²) in [5.41, 5.74) is 1.50. The molecule has 3 rings (SSSR count). The van der Waals surface area contributed by atoms with Crippen LogP contribution in [0.25, 0.3) is 0 Å². The van der Waals surface area contributed by atoms with E-state index in [-0.39, 0.29) is 5.41 Å². The van der Waals surface area contributed by atoms with Crippen molar-refractivity contribution in [1.82, 2.24) is 19.7 Å². The Balaban J connectivity index is 1.84. The van der Waals surface area contributed by atoms with Crippen molar-refractivity contribution in [3.05, 3.63) is 33.7 Å². The Hall–Kier alpha value is -1.69. The van der Waals surface area contributed by atoms with Crippen LogP contribution in [-0.4, -0.2) is 32.8 Å². The number of nitriles is 1. The highest BCUT2D eigenvalue weighted by Gasteiger charge is 2.36. The van der Waals surface area contributed by atoms with E-state index >= 15 is 0 Å². The van der Waals surface area contributed by atoms with E-state index in [0.29, 0.717) is 5.69 Å². The maximum Gasteiger partial charge on any atom is 0.164 e. The first kappa shape index (κ1) is 15.2. The van der Waals surface area contributed by atoms with E-state index in [1.54, 1.807) is 12.5 Å². The van der Waals surface area contributed by atoms with Crippen LogP contribution in [0, 0.1) is 14.9 Å². The number of piperidine rings is 1. The molecule has 0 aliphatic carbocycles. The predicted octanol–water partition coefficient (Wildman–Crippen LogP) is 2.24. The molecular formula is C15H17IN6. The van der Waals surface area contributed by atoms with E-state index in [9.17, 15) is 5.26 Å². The average molecular weight is 408 g/mol. The molecule has 1 saturated heterocycles. The summed E-state index contributed by atoms with van der Waals surface area (Å²) in [5, 5.41) is 17.6. The largest absolute Gasteiger partial charge is 0.368 e. The van der Waals surface area contributed by atoms with Crippen LogP contribution in [0.15, 0.2) is 18.6 Å². The summed E-state index contributed by atoms with van der Waals surface area (Å²) >= 11 is 2.28. The molecule has 0 amide bonds. The number of pyridine rings is 1. The molecule has 2 aromatic heterocycles. The Morgan fingerprint density at radius 2 is 2.09 bits per heavy atom. The molecule has 0 bridgehead atoms. The van der Waals surface area contributed by atoms with E-state index in [1.807, 2.05) is 17.7 Å². The molecule has 0 radical (unpaired) electrons. The lowest BCUT2D eigenvalue weighted by Gasteiger charge is -2.40. The third kappa shape index (κ3) is 2.56. The summed E-state index contributed by atoms with van der Waals surface area (Å²) in [7, 11) is 1.99. The summed E-state index contributed by atoms with van der Waals surface area (Å²) in [6.45, 7) is 4.02. The molecule has 0 aromatic carbocycles. The number of halogens is 1. The number of anilines is 1. The van der Waals surface area contributed by atoms with Crippen molar-refractivity contribution in [2.45, 2.75) is 25.2 Å². The molecule has 3 heterocycles. The summed E-state index contributed by atoms with van der Waals surface area (Å²) < 4.78 is 3.08. The fourth-order valence-corrected chi connectivity index (χ4v) is 3.85. The van der Waals surface area contributed by atoms with Crippen molar-refractivity contribution >= 4 is 28.3 Å². The smallest absolute Gasteiger partial charge is 0.164 e. The number of hydrogen-bond acceptors (Lipinski definition) is 5. The highest BCUT2D eigenvalue weighted by Crippen LogP contribution is 2.36. The lowest BCUT2D eigenvalue weighted by molar-refractivity contribution is 0.334. The lowest BCUT2D eigenvalue weighted by Crippen LogP contribution is -2.43. The number of nitrogens with zero attached hydrogens (tertiary/aromatic N) is 6. The third-order valence-corrected chi connectivity index (χ3v) is 5.29. The summed E-state index contributed by atoms with van der Waals surface area (Å²) in [6.07, 6.45) is 5.41. The number of aryl methyl sites for hydroxylation is 1. The molecule has 1 fully saturated rings. The second kappa shape index (κ2) is 5.83. The molecule has 0 unspecified atom stereocenters. The van der Waals surface area contributed by atoms with Gasteiger partial charge in [-0.2, -0.15) is 5.26 Å². The SMILES string of the molecule is Cn1cnnc1C1(C)CCN(c2c(I)ccnc2C#N)CC1. The van der Waals surface area contributed by atoms with Gasteiger partial charge in [0.2, 0.25) is 0 Å². The van der Waals surface area contributed by atoms with Crippen molar-refractivity contribution in [2.75, 3.05) is 18.0 Å². The minimum atomic E-state index is 0.0300. The molecule has 1 aliphatic heterocycles. The van der Waals surface area contributed by atoms with Gasteiger partial charge < -0.3 is 9.47 Å². The summed E-state index contributed by atoms with van der Waals surface area (Å²) in [5.74, 6) is 1.04. The van der Waals surface area contributed by atoms with Gasteiger partial charge in [-0.1, -0.05) is 6.92 Å². The Bertz CT molecular complexity index is 724. The van der Waals surface area contributed by atoms with Crippen LogP contribution in [0.2, 0.25) is 0 Å². The van der Waals surface area contributed by atoms with E-state index in [2.05, 4.69) is 55.7 Å². The van der Waals surface area contributed by atoms with Crippen LogP contribution >= 0.6 is 22.6 Å². The van der Waals surface area contributed by atoms with Gasteiger partial charge >= 0.3 is 0 Å². The van der Waals surface area contributed by atoms with Crippen LogP contribution < -0.4 is 4.90 Å². The number of rotatable bonds is 2. The fraction of sp³-hybridized carbons (Fsp3) is 0.467. The molecular weight excluding hydrogens is 391 g/mol. The van der Waals surface area contributed by atoms with Crippen molar-refractivity contribution in [1.29, 1.82) is 5.26 Å². The summed E-state index contributed by atoms with van der Waals surface area (Å²) in [4.78, 5) is 6.47. The van der Waals surface area contributed by atoms with Crippen molar-refractivity contribution in [2.24, 2.45) is 7.05 Å². The van der Waals surface area contributed by atoms with Gasteiger partial charge in [-0.25, -0.2) is 4.98 Å². The fourth-order valence-electron chi connectivity index (χ4n) is 3.09. The summed E-state index contributed by atoms with van der Waals surface area (Å²) in [6, 6.07) is 4.16. The molecule has 6 nitrogen and oxygen atoms in total. The van der Waals surface area contributed by atoms with Crippen LogP contribution in [-0.2, 0) is 12.5 Å². The van der Waals surface area contributed by atoms with Gasteiger partial charge in [-0.05, 0) is 41.5 Å². The Kier molecular flexibility index (Phi) is 4.04. The molecule has 0 saturated carbocycles. The van der Waals surface area contributed by atoms with Gasteiger partial charge in [0.15, 0.2) is 5.69 Å². The molecule has 0 N–H and O–H groups in total. The predicted molar refractivity (Wildman–Crippen MR) is 91.5 cm³/mol. The zero-order valence-corrected chi connectivity index (χ0v) is 14.8. The van der Waals surface area contributed by atoms with Gasteiger partial charge in [0, 0.05) is 35.3 Å². The molecule has 114 valence electrons. The zero-order chi connectivity index (χ0) is 15.7. The quantitative estimate of drug-likeness (QED) is 0.713. The van der Waals surface area contributed by atoms with Gasteiger partial charge in [0.25, 0.3) is 0 Å². The topological polar surface area (TPSA) is 70.6 Å². The van der Waals surface area contributed by atoms with Gasteiger partial charge in [0.1, 0.15) is 18.2 Å². The number of aromatic nitrogens is 4. The van der Waals surface area contributed by atoms with Crippen LogP contribution in [0.5, 0.6) is 0 Å². The molecule has 0 atom stereocenters. The normalized spacial score (nSPS) is 17.3. The van der Waals surface area contributed by atoms with Crippen LogP contribution in [0.3, 0.4) is 0 Å². The number of hydrogen-bond donors (Lipinski definition) is 0. The van der Waals surface area contributed by atoms with Crippen LogP contribution in [0.4, 0.5) is 5.69 Å². The maximum absolute atomic E-state index is 9.30. The first-order valence-corrected chi connectivity index (χ1v) is 8.27. The van der Waals surface area contributed by atoms with Crippen molar-refractivity contribution in [3.8, 4) is 6.07 Å². The lowest BCUT2D eigenvalue weighted by atomic mass is 9.79. The minimum Gasteiger partial charge on any atom is -0.368 e. The molecule has 0 spiro atoms. The van der Waals surface area contributed by atoms with E-state index in [0.717, 1.165) is 41.0 Å². The maximum atomic E-state index is 9.30. The minimum absolute atomic E-state index is 0.0300. The Morgan fingerprint density at radius 1 is 1.36 bits per heavy atom.